The number of rotatable bonds is 5. The van der Waals surface area contributed by atoms with Crippen LogP contribution in [0.3, 0.4) is 0 Å². The van der Waals surface area contributed by atoms with Gasteiger partial charge in [0, 0.05) is 16.0 Å². The Morgan fingerprint density at radius 1 is 1.16 bits per heavy atom. The van der Waals surface area contributed by atoms with Crippen molar-refractivity contribution in [1.29, 1.82) is 0 Å². The first-order valence-electron chi connectivity index (χ1n) is 7.77. The van der Waals surface area contributed by atoms with Gasteiger partial charge in [-0.15, -0.1) is 11.3 Å². The Bertz CT molecular complexity index is 860. The fraction of sp³-hybridized carbons (Fsp3) is 0.158. The second-order valence-electron chi connectivity index (χ2n) is 5.61. The maximum Gasteiger partial charge on any atom is 0.266 e. The normalized spacial score (nSPS) is 11.8. The number of aromatic nitrogens is 1. The van der Waals surface area contributed by atoms with Gasteiger partial charge >= 0.3 is 0 Å². The van der Waals surface area contributed by atoms with Crippen molar-refractivity contribution in [2.75, 3.05) is 5.32 Å². The van der Waals surface area contributed by atoms with E-state index in [1.54, 1.807) is 31.2 Å². The molecule has 25 heavy (non-hydrogen) atoms. The highest BCUT2D eigenvalue weighted by Crippen LogP contribution is 2.25. The van der Waals surface area contributed by atoms with Gasteiger partial charge in [-0.3, -0.25) is 10.1 Å². The summed E-state index contributed by atoms with van der Waals surface area (Å²) < 4.78 is 5.61. The molecule has 3 aromatic rings. The third-order valence-electron chi connectivity index (χ3n) is 3.58. The largest absolute Gasteiger partial charge is 0.481 e. The molecule has 0 aliphatic heterocycles. The van der Waals surface area contributed by atoms with Crippen LogP contribution in [0.5, 0.6) is 5.75 Å². The zero-order valence-electron chi connectivity index (χ0n) is 13.8. The van der Waals surface area contributed by atoms with Crippen LogP contribution in [0.4, 0.5) is 5.13 Å². The smallest absolute Gasteiger partial charge is 0.266 e. The molecule has 0 aliphatic carbocycles. The molecule has 1 aromatic heterocycles. The number of carbonyl (C=O) groups excluding carboxylic acids is 1. The second kappa shape index (κ2) is 7.68. The van der Waals surface area contributed by atoms with Crippen LogP contribution in [0.2, 0.25) is 5.02 Å². The van der Waals surface area contributed by atoms with E-state index < -0.39 is 6.10 Å². The van der Waals surface area contributed by atoms with Crippen molar-refractivity contribution in [2.45, 2.75) is 20.0 Å². The number of thiazole rings is 1. The summed E-state index contributed by atoms with van der Waals surface area (Å²) in [6.07, 6.45) is -0.645. The van der Waals surface area contributed by atoms with E-state index in [-0.39, 0.29) is 5.91 Å². The zero-order valence-corrected chi connectivity index (χ0v) is 15.4. The fourth-order valence-corrected chi connectivity index (χ4v) is 3.01. The molecule has 1 amide bonds. The summed E-state index contributed by atoms with van der Waals surface area (Å²) in [5, 5.41) is 5.88. The minimum absolute atomic E-state index is 0.250. The second-order valence-corrected chi connectivity index (χ2v) is 6.90. The Labute approximate surface area is 155 Å². The number of hydrogen-bond donors (Lipinski definition) is 1. The monoisotopic (exact) mass is 372 g/mol. The molecule has 0 radical (unpaired) electrons. The fourth-order valence-electron chi connectivity index (χ4n) is 2.17. The molecule has 0 spiro atoms. The van der Waals surface area contributed by atoms with Crippen LogP contribution in [0, 0.1) is 6.92 Å². The minimum atomic E-state index is -0.645. The molecule has 1 atom stereocenters. The van der Waals surface area contributed by atoms with Crippen LogP contribution >= 0.6 is 22.9 Å². The molecule has 6 heteroatoms. The van der Waals surface area contributed by atoms with Gasteiger partial charge in [0.05, 0.1) is 5.69 Å². The standard InChI is InChI=1S/C19H17ClN2O2S/c1-12-3-5-14(6-4-12)17-11-25-19(21-17)22-18(23)13(2)24-16-9-7-15(20)8-10-16/h3-11,13H,1-2H3,(H,21,22,23)/t13-/m1/s1. The van der Waals surface area contributed by atoms with Crippen molar-refractivity contribution >= 4 is 34.0 Å². The molecule has 1 N–H and O–H groups in total. The van der Waals surface area contributed by atoms with E-state index in [4.69, 9.17) is 16.3 Å². The van der Waals surface area contributed by atoms with Crippen molar-refractivity contribution in [3.63, 3.8) is 0 Å². The quantitative estimate of drug-likeness (QED) is 0.671. The topological polar surface area (TPSA) is 51.2 Å². The van der Waals surface area contributed by atoms with E-state index in [0.717, 1.165) is 11.3 Å². The number of benzene rings is 2. The summed E-state index contributed by atoms with van der Waals surface area (Å²) in [6, 6.07) is 15.0. The molecule has 0 aliphatic rings. The van der Waals surface area contributed by atoms with E-state index >= 15 is 0 Å². The number of halogens is 1. The minimum Gasteiger partial charge on any atom is -0.481 e. The van der Waals surface area contributed by atoms with Gasteiger partial charge in [0.2, 0.25) is 0 Å². The summed E-state index contributed by atoms with van der Waals surface area (Å²) in [5.74, 6) is 0.339. The Morgan fingerprint density at radius 3 is 2.52 bits per heavy atom. The van der Waals surface area contributed by atoms with Crippen LogP contribution in [-0.2, 0) is 4.79 Å². The summed E-state index contributed by atoms with van der Waals surface area (Å²) in [5.41, 5.74) is 3.06. The molecule has 1 heterocycles. The highest BCUT2D eigenvalue weighted by molar-refractivity contribution is 7.14. The first kappa shape index (κ1) is 17.5. The third kappa shape index (κ3) is 4.59. The number of amides is 1. The Kier molecular flexibility index (Phi) is 5.36. The summed E-state index contributed by atoms with van der Waals surface area (Å²) in [7, 11) is 0. The van der Waals surface area contributed by atoms with Crippen LogP contribution < -0.4 is 10.1 Å². The number of nitrogens with zero attached hydrogens (tertiary/aromatic N) is 1. The van der Waals surface area contributed by atoms with Crippen molar-refractivity contribution in [1.82, 2.24) is 4.98 Å². The van der Waals surface area contributed by atoms with Gasteiger partial charge in [0.25, 0.3) is 5.91 Å². The van der Waals surface area contributed by atoms with Gasteiger partial charge < -0.3 is 4.74 Å². The van der Waals surface area contributed by atoms with Crippen molar-refractivity contribution in [2.24, 2.45) is 0 Å². The van der Waals surface area contributed by atoms with Crippen LogP contribution in [0.1, 0.15) is 12.5 Å². The molecule has 0 saturated carbocycles. The predicted molar refractivity (Wildman–Crippen MR) is 102 cm³/mol. The maximum atomic E-state index is 12.3. The average molecular weight is 373 g/mol. The number of ether oxygens (including phenoxy) is 1. The van der Waals surface area contributed by atoms with Gasteiger partial charge in [-0.2, -0.15) is 0 Å². The zero-order chi connectivity index (χ0) is 17.8. The average Bonchev–Trinajstić information content (AvgIpc) is 3.06. The van der Waals surface area contributed by atoms with Crippen LogP contribution in [0.25, 0.3) is 11.3 Å². The molecule has 0 fully saturated rings. The van der Waals surface area contributed by atoms with Crippen LogP contribution in [0.15, 0.2) is 53.9 Å². The lowest BCUT2D eigenvalue weighted by atomic mass is 10.1. The molecule has 2 aromatic carbocycles. The summed E-state index contributed by atoms with van der Waals surface area (Å²) in [4.78, 5) is 16.7. The predicted octanol–water partition coefficient (Wildman–Crippen LogP) is 5.18. The lowest BCUT2D eigenvalue weighted by molar-refractivity contribution is -0.122. The van der Waals surface area contributed by atoms with Gasteiger partial charge in [-0.25, -0.2) is 4.98 Å². The number of aryl methyl sites for hydroxylation is 1. The van der Waals surface area contributed by atoms with Gasteiger partial charge in [0.1, 0.15) is 5.75 Å². The maximum absolute atomic E-state index is 12.3. The lowest BCUT2D eigenvalue weighted by Gasteiger charge is -2.13. The molecule has 3 rings (SSSR count). The van der Waals surface area contributed by atoms with Crippen molar-refractivity contribution < 1.29 is 9.53 Å². The van der Waals surface area contributed by atoms with E-state index in [1.165, 1.54) is 16.9 Å². The molecular weight excluding hydrogens is 356 g/mol. The molecule has 4 nitrogen and oxygen atoms in total. The lowest BCUT2D eigenvalue weighted by Crippen LogP contribution is -2.30. The number of carbonyl (C=O) groups is 1. The van der Waals surface area contributed by atoms with E-state index in [0.29, 0.717) is 15.9 Å². The highest BCUT2D eigenvalue weighted by atomic mass is 35.5. The highest BCUT2D eigenvalue weighted by Gasteiger charge is 2.16. The first-order valence-corrected chi connectivity index (χ1v) is 9.03. The first-order chi connectivity index (χ1) is 12.0. The van der Waals surface area contributed by atoms with E-state index in [2.05, 4.69) is 10.3 Å². The Morgan fingerprint density at radius 2 is 1.84 bits per heavy atom. The van der Waals surface area contributed by atoms with E-state index in [9.17, 15) is 4.79 Å². The molecular formula is C19H17ClN2O2S. The third-order valence-corrected chi connectivity index (χ3v) is 4.59. The summed E-state index contributed by atoms with van der Waals surface area (Å²) >= 11 is 7.22. The Balaban J connectivity index is 1.62. The molecule has 0 bridgehead atoms. The van der Waals surface area contributed by atoms with Crippen molar-refractivity contribution in [3.05, 3.63) is 64.5 Å². The van der Waals surface area contributed by atoms with Gasteiger partial charge in [0.15, 0.2) is 11.2 Å². The number of hydrogen-bond acceptors (Lipinski definition) is 4. The van der Waals surface area contributed by atoms with Gasteiger partial charge in [-0.05, 0) is 38.1 Å². The van der Waals surface area contributed by atoms with E-state index in [1.807, 2.05) is 36.6 Å². The van der Waals surface area contributed by atoms with Crippen molar-refractivity contribution in [3.8, 4) is 17.0 Å². The van der Waals surface area contributed by atoms with Gasteiger partial charge in [-0.1, -0.05) is 41.4 Å². The molecule has 0 unspecified atom stereocenters. The SMILES string of the molecule is Cc1ccc(-c2csc(NC(=O)[C@@H](C)Oc3ccc(Cl)cc3)n2)cc1. The molecule has 128 valence electrons. The Hall–Kier alpha value is -2.37. The molecule has 0 saturated heterocycles. The van der Waals surface area contributed by atoms with Crippen LogP contribution in [-0.4, -0.2) is 17.0 Å². The summed E-state index contributed by atoms with van der Waals surface area (Å²) in [6.45, 7) is 3.73. The number of nitrogens with one attached hydrogen (secondary N) is 1. The number of anilines is 1.